The molecule has 0 atom stereocenters. The molecule has 7 nitrogen and oxygen atoms in total. The van der Waals surface area contributed by atoms with Crippen LogP contribution in [-0.2, 0) is 0 Å². The van der Waals surface area contributed by atoms with Crippen molar-refractivity contribution >= 4 is 28.5 Å². The second kappa shape index (κ2) is 7.21. The number of hydrogen-bond donors (Lipinski definition) is 1. The lowest BCUT2D eigenvalue weighted by Gasteiger charge is -2.32. The van der Waals surface area contributed by atoms with Crippen LogP contribution < -0.4 is 5.73 Å². The fraction of sp³-hybridized carbons (Fsp3) is 0.318. The Labute approximate surface area is 172 Å². The highest BCUT2D eigenvalue weighted by Crippen LogP contribution is 2.33. The molecule has 3 heterocycles. The van der Waals surface area contributed by atoms with Gasteiger partial charge in [-0.25, -0.2) is 4.39 Å². The van der Waals surface area contributed by atoms with E-state index >= 15 is 0 Å². The van der Waals surface area contributed by atoms with Crippen molar-refractivity contribution in [3.8, 4) is 0 Å². The maximum Gasteiger partial charge on any atom is 0.261 e. The van der Waals surface area contributed by atoms with Gasteiger partial charge in [0.25, 0.3) is 11.8 Å². The Hall–Kier alpha value is -3.26. The first-order valence-electron chi connectivity index (χ1n) is 10.0. The Kier molecular flexibility index (Phi) is 4.51. The molecule has 2 aliphatic heterocycles. The fourth-order valence-electron chi connectivity index (χ4n) is 4.41. The highest BCUT2D eigenvalue weighted by Gasteiger charge is 2.35. The van der Waals surface area contributed by atoms with Gasteiger partial charge in [0.2, 0.25) is 0 Å². The first kappa shape index (κ1) is 18.7. The summed E-state index contributed by atoms with van der Waals surface area (Å²) in [5.41, 5.74) is 8.37. The molecule has 30 heavy (non-hydrogen) atoms. The third-order valence-corrected chi connectivity index (χ3v) is 6.07. The normalized spacial score (nSPS) is 17.8. The average molecular weight is 408 g/mol. The zero-order valence-electron chi connectivity index (χ0n) is 16.3. The molecule has 2 aromatic carbocycles. The largest absolute Gasteiger partial charge is 0.399 e. The van der Waals surface area contributed by atoms with Crippen molar-refractivity contribution < 1.29 is 18.5 Å². The molecule has 2 N–H and O–H groups in total. The van der Waals surface area contributed by atoms with Gasteiger partial charge in [0.15, 0.2) is 5.58 Å². The van der Waals surface area contributed by atoms with Crippen molar-refractivity contribution in [3.63, 3.8) is 0 Å². The molecule has 0 saturated carbocycles. The number of fused-ring (bicyclic) bond motifs is 2. The SMILES string of the molecule is Nc1ccc2c(c1)C(=O)N(CCN1CCC(c3noc4cc(F)ccc34)CC1)C2=O. The molecule has 2 aliphatic rings. The van der Waals surface area contributed by atoms with Crippen LogP contribution in [0.5, 0.6) is 0 Å². The lowest BCUT2D eigenvalue weighted by Crippen LogP contribution is -2.41. The number of imide groups is 1. The van der Waals surface area contributed by atoms with Gasteiger partial charge in [-0.3, -0.25) is 14.5 Å². The predicted octanol–water partition coefficient (Wildman–Crippen LogP) is 3.02. The number of nitrogen functional groups attached to an aromatic ring is 1. The van der Waals surface area contributed by atoms with E-state index in [2.05, 4.69) is 10.1 Å². The van der Waals surface area contributed by atoms with Gasteiger partial charge >= 0.3 is 0 Å². The maximum atomic E-state index is 13.4. The first-order chi connectivity index (χ1) is 14.5. The van der Waals surface area contributed by atoms with Crippen molar-refractivity contribution in [2.24, 2.45) is 0 Å². The molecule has 0 bridgehead atoms. The van der Waals surface area contributed by atoms with Crippen molar-refractivity contribution in [1.29, 1.82) is 0 Å². The van der Waals surface area contributed by atoms with Gasteiger partial charge in [-0.2, -0.15) is 0 Å². The number of amides is 2. The number of benzene rings is 2. The molecular formula is C22H21FN4O3. The van der Waals surface area contributed by atoms with Gasteiger partial charge < -0.3 is 15.2 Å². The minimum absolute atomic E-state index is 0.246. The van der Waals surface area contributed by atoms with E-state index in [1.165, 1.54) is 17.0 Å². The van der Waals surface area contributed by atoms with Crippen molar-refractivity contribution in [3.05, 3.63) is 59.0 Å². The zero-order chi connectivity index (χ0) is 20.8. The van der Waals surface area contributed by atoms with Gasteiger partial charge in [-0.05, 0) is 56.3 Å². The second-order valence-corrected chi connectivity index (χ2v) is 7.89. The molecule has 2 amide bonds. The highest BCUT2D eigenvalue weighted by molar-refractivity contribution is 6.21. The first-order valence-corrected chi connectivity index (χ1v) is 10.0. The Balaban J connectivity index is 1.20. The summed E-state index contributed by atoms with van der Waals surface area (Å²) in [6.07, 6.45) is 1.77. The van der Waals surface area contributed by atoms with E-state index in [0.29, 0.717) is 35.5 Å². The van der Waals surface area contributed by atoms with E-state index in [1.54, 1.807) is 24.3 Å². The van der Waals surface area contributed by atoms with E-state index in [1.807, 2.05) is 0 Å². The number of piperidine rings is 1. The third-order valence-electron chi connectivity index (χ3n) is 6.07. The minimum Gasteiger partial charge on any atom is -0.399 e. The monoisotopic (exact) mass is 408 g/mol. The molecule has 8 heteroatoms. The number of aromatic nitrogens is 1. The van der Waals surface area contributed by atoms with E-state index in [4.69, 9.17) is 10.3 Å². The Morgan fingerprint density at radius 1 is 1.03 bits per heavy atom. The number of nitrogens with zero attached hydrogens (tertiary/aromatic N) is 3. The molecule has 1 saturated heterocycles. The highest BCUT2D eigenvalue weighted by atomic mass is 19.1. The Bertz CT molecular complexity index is 1150. The van der Waals surface area contributed by atoms with E-state index in [0.717, 1.165) is 37.0 Å². The predicted molar refractivity (Wildman–Crippen MR) is 109 cm³/mol. The molecule has 0 aliphatic carbocycles. The number of nitrogens with two attached hydrogens (primary N) is 1. The molecule has 1 fully saturated rings. The lowest BCUT2D eigenvalue weighted by molar-refractivity contribution is 0.0629. The Morgan fingerprint density at radius 3 is 2.60 bits per heavy atom. The maximum absolute atomic E-state index is 13.4. The number of anilines is 1. The molecule has 5 rings (SSSR count). The lowest BCUT2D eigenvalue weighted by atomic mass is 9.91. The number of carbonyl (C=O) groups excluding carboxylic acids is 2. The molecule has 1 aromatic heterocycles. The van der Waals surface area contributed by atoms with Crippen LogP contribution in [0, 0.1) is 5.82 Å². The van der Waals surface area contributed by atoms with Gasteiger partial charge in [-0.15, -0.1) is 0 Å². The second-order valence-electron chi connectivity index (χ2n) is 7.89. The number of halogens is 1. The fourth-order valence-corrected chi connectivity index (χ4v) is 4.41. The molecule has 154 valence electrons. The Morgan fingerprint density at radius 2 is 1.80 bits per heavy atom. The van der Waals surface area contributed by atoms with Crippen LogP contribution in [0.3, 0.4) is 0 Å². The van der Waals surface area contributed by atoms with E-state index < -0.39 is 0 Å². The standard InChI is InChI=1S/C22H21FN4O3/c23-14-1-3-17-19(11-14)30-25-20(17)13-5-7-26(8-6-13)9-10-27-21(28)16-4-2-15(24)12-18(16)22(27)29/h1-4,11-13H,5-10,24H2. The quantitative estimate of drug-likeness (QED) is 0.527. The van der Waals surface area contributed by atoms with Crippen LogP contribution in [0.2, 0.25) is 0 Å². The molecule has 0 spiro atoms. The zero-order valence-corrected chi connectivity index (χ0v) is 16.3. The summed E-state index contributed by atoms with van der Waals surface area (Å²) in [6, 6.07) is 9.32. The van der Waals surface area contributed by atoms with Crippen molar-refractivity contribution in [2.45, 2.75) is 18.8 Å². The van der Waals surface area contributed by atoms with Crippen LogP contribution in [0.4, 0.5) is 10.1 Å². The van der Waals surface area contributed by atoms with Gasteiger partial charge in [-0.1, -0.05) is 5.16 Å². The average Bonchev–Trinajstić information content (AvgIpc) is 3.26. The molecule has 3 aromatic rings. The van der Waals surface area contributed by atoms with Crippen LogP contribution in [0.15, 0.2) is 40.9 Å². The molecule has 0 unspecified atom stereocenters. The smallest absolute Gasteiger partial charge is 0.261 e. The van der Waals surface area contributed by atoms with Crippen LogP contribution >= 0.6 is 0 Å². The molecule has 0 radical (unpaired) electrons. The van der Waals surface area contributed by atoms with E-state index in [9.17, 15) is 14.0 Å². The number of rotatable bonds is 4. The van der Waals surface area contributed by atoms with Gasteiger partial charge in [0.1, 0.15) is 5.82 Å². The summed E-state index contributed by atoms with van der Waals surface area (Å²) in [5.74, 6) is -0.629. The summed E-state index contributed by atoms with van der Waals surface area (Å²) < 4.78 is 18.7. The van der Waals surface area contributed by atoms with Crippen molar-refractivity contribution in [2.75, 3.05) is 31.9 Å². The third kappa shape index (κ3) is 3.13. The summed E-state index contributed by atoms with van der Waals surface area (Å²) in [7, 11) is 0. The van der Waals surface area contributed by atoms with Crippen LogP contribution in [0.1, 0.15) is 45.2 Å². The van der Waals surface area contributed by atoms with Crippen LogP contribution in [-0.4, -0.2) is 52.9 Å². The minimum atomic E-state index is -0.337. The van der Waals surface area contributed by atoms with E-state index in [-0.39, 0.29) is 23.5 Å². The summed E-state index contributed by atoms with van der Waals surface area (Å²) >= 11 is 0. The summed E-state index contributed by atoms with van der Waals surface area (Å²) in [5, 5.41) is 5.04. The number of likely N-dealkylation sites (tertiary alicyclic amines) is 1. The molecular weight excluding hydrogens is 387 g/mol. The summed E-state index contributed by atoms with van der Waals surface area (Å²) in [6.45, 7) is 2.63. The topological polar surface area (TPSA) is 92.7 Å². The van der Waals surface area contributed by atoms with Gasteiger partial charge in [0, 0.05) is 36.1 Å². The van der Waals surface area contributed by atoms with Crippen LogP contribution in [0.25, 0.3) is 11.0 Å². The number of carbonyl (C=O) groups is 2. The van der Waals surface area contributed by atoms with Gasteiger partial charge in [0.05, 0.1) is 16.8 Å². The number of hydrogen-bond acceptors (Lipinski definition) is 6. The summed E-state index contributed by atoms with van der Waals surface area (Å²) in [4.78, 5) is 28.7. The van der Waals surface area contributed by atoms with Crippen molar-refractivity contribution in [1.82, 2.24) is 15.0 Å².